The van der Waals surface area contributed by atoms with Crippen molar-refractivity contribution in [2.45, 2.75) is 37.6 Å². The molecule has 2 amide bonds. The second-order valence-corrected chi connectivity index (χ2v) is 10.7. The molecule has 2 atom stereocenters. The molecular formula is C32H35N3O4. The van der Waals surface area contributed by atoms with Crippen molar-refractivity contribution >= 4 is 23.2 Å². The molecule has 0 aromatic heterocycles. The average Bonchev–Trinajstić information content (AvgIpc) is 3.82. The van der Waals surface area contributed by atoms with Gasteiger partial charge in [0, 0.05) is 31.4 Å². The van der Waals surface area contributed by atoms with Crippen LogP contribution in [0.1, 0.15) is 37.2 Å². The summed E-state index contributed by atoms with van der Waals surface area (Å²) in [6, 6.07) is 24.9. The Hall–Kier alpha value is -3.68. The summed E-state index contributed by atoms with van der Waals surface area (Å²) in [5, 5.41) is 12.8. The maximum absolute atomic E-state index is 14.3. The zero-order chi connectivity index (χ0) is 26.8. The first-order valence-electron chi connectivity index (χ1n) is 14.0. The molecule has 2 fully saturated rings. The van der Waals surface area contributed by atoms with Crippen molar-refractivity contribution < 1.29 is 19.4 Å². The molecule has 3 aliphatic rings. The van der Waals surface area contributed by atoms with Gasteiger partial charge in [-0.2, -0.15) is 0 Å². The molecule has 2 heterocycles. The number of hydrogen-bond donors (Lipinski definition) is 2. The van der Waals surface area contributed by atoms with E-state index in [-0.39, 0.29) is 42.9 Å². The Morgan fingerprint density at radius 3 is 2.62 bits per heavy atom. The van der Waals surface area contributed by atoms with Crippen molar-refractivity contribution in [1.82, 2.24) is 5.32 Å². The number of hydrogen-bond acceptors (Lipinski definition) is 5. The van der Waals surface area contributed by atoms with Crippen LogP contribution in [0.4, 0.5) is 11.4 Å². The number of piperidine rings is 1. The lowest BCUT2D eigenvalue weighted by Crippen LogP contribution is -2.47. The summed E-state index contributed by atoms with van der Waals surface area (Å²) in [7, 11) is 0. The van der Waals surface area contributed by atoms with Crippen LogP contribution < -0.4 is 19.9 Å². The minimum atomic E-state index is -0.190. The summed E-state index contributed by atoms with van der Waals surface area (Å²) in [4.78, 5) is 30.6. The number of anilines is 2. The van der Waals surface area contributed by atoms with Crippen LogP contribution in [0.25, 0.3) is 11.1 Å². The molecule has 3 aromatic rings. The number of nitrogens with zero attached hydrogens (tertiary/aromatic N) is 2. The SMILES string of the molecule is O=C1COc2ccc(N(C(=O)[C@H]3CNCC[C@@H]3c3cccc(-c4ccccc4)c3)C3CC3)cc2N1CCCO. The molecular weight excluding hydrogens is 490 g/mol. The maximum Gasteiger partial charge on any atom is 0.265 e. The van der Waals surface area contributed by atoms with Gasteiger partial charge in [0.25, 0.3) is 5.91 Å². The molecule has 1 saturated heterocycles. The third kappa shape index (κ3) is 5.29. The van der Waals surface area contributed by atoms with Crippen molar-refractivity contribution in [3.05, 3.63) is 78.4 Å². The van der Waals surface area contributed by atoms with Gasteiger partial charge in [-0.3, -0.25) is 9.59 Å². The van der Waals surface area contributed by atoms with Crippen LogP contribution in [0.5, 0.6) is 5.75 Å². The van der Waals surface area contributed by atoms with E-state index in [0.29, 0.717) is 30.9 Å². The highest BCUT2D eigenvalue weighted by atomic mass is 16.5. The molecule has 7 nitrogen and oxygen atoms in total. The molecule has 202 valence electrons. The van der Waals surface area contributed by atoms with Gasteiger partial charge in [-0.15, -0.1) is 0 Å². The number of rotatable bonds is 8. The van der Waals surface area contributed by atoms with Crippen LogP contribution in [0, 0.1) is 5.92 Å². The fraction of sp³-hybridized carbons (Fsp3) is 0.375. The fourth-order valence-corrected chi connectivity index (χ4v) is 5.94. The number of fused-ring (bicyclic) bond motifs is 1. The molecule has 2 aliphatic heterocycles. The molecule has 0 radical (unpaired) electrons. The number of aliphatic hydroxyl groups excluding tert-OH is 1. The van der Waals surface area contributed by atoms with Gasteiger partial charge in [0.15, 0.2) is 6.61 Å². The summed E-state index contributed by atoms with van der Waals surface area (Å²) in [6.07, 6.45) is 3.33. The quantitative estimate of drug-likeness (QED) is 0.457. The van der Waals surface area contributed by atoms with Gasteiger partial charge < -0.3 is 25.0 Å². The summed E-state index contributed by atoms with van der Waals surface area (Å²) < 4.78 is 5.69. The van der Waals surface area contributed by atoms with Gasteiger partial charge in [-0.05, 0) is 73.0 Å². The van der Waals surface area contributed by atoms with Gasteiger partial charge in [0.05, 0.1) is 11.6 Å². The third-order valence-corrected chi connectivity index (χ3v) is 8.07. The highest BCUT2D eigenvalue weighted by Crippen LogP contribution is 2.42. The van der Waals surface area contributed by atoms with Crippen LogP contribution in [-0.4, -0.2) is 55.8 Å². The van der Waals surface area contributed by atoms with Gasteiger partial charge in [-0.25, -0.2) is 0 Å². The lowest BCUT2D eigenvalue weighted by atomic mass is 9.79. The number of ether oxygens (including phenoxy) is 1. The predicted octanol–water partition coefficient (Wildman–Crippen LogP) is 4.35. The van der Waals surface area contributed by atoms with Gasteiger partial charge >= 0.3 is 0 Å². The number of carbonyl (C=O) groups excluding carboxylic acids is 2. The molecule has 3 aromatic carbocycles. The summed E-state index contributed by atoms with van der Waals surface area (Å²) in [5.41, 5.74) is 5.01. The number of benzene rings is 3. The van der Waals surface area contributed by atoms with Crippen LogP contribution in [0.15, 0.2) is 72.8 Å². The fourth-order valence-electron chi connectivity index (χ4n) is 5.94. The number of amides is 2. The molecule has 0 spiro atoms. The molecule has 1 saturated carbocycles. The van der Waals surface area contributed by atoms with Crippen LogP contribution >= 0.6 is 0 Å². The van der Waals surface area contributed by atoms with E-state index in [1.54, 1.807) is 4.90 Å². The third-order valence-electron chi connectivity index (χ3n) is 8.07. The lowest BCUT2D eigenvalue weighted by Gasteiger charge is -2.36. The van der Waals surface area contributed by atoms with E-state index in [4.69, 9.17) is 4.74 Å². The van der Waals surface area contributed by atoms with Crippen molar-refractivity contribution in [2.75, 3.05) is 42.6 Å². The van der Waals surface area contributed by atoms with E-state index in [2.05, 4.69) is 53.8 Å². The second kappa shape index (κ2) is 11.2. The molecule has 0 bridgehead atoms. The Balaban J connectivity index is 1.31. The Labute approximate surface area is 229 Å². The Bertz CT molecular complexity index is 1340. The van der Waals surface area contributed by atoms with Crippen molar-refractivity contribution in [3.63, 3.8) is 0 Å². The minimum absolute atomic E-state index is 0.00782. The highest BCUT2D eigenvalue weighted by molar-refractivity contribution is 6.01. The molecule has 39 heavy (non-hydrogen) atoms. The van der Waals surface area contributed by atoms with Gasteiger partial charge in [0.2, 0.25) is 5.91 Å². The molecule has 1 aliphatic carbocycles. The van der Waals surface area contributed by atoms with Crippen LogP contribution in [-0.2, 0) is 9.59 Å². The molecule has 7 heteroatoms. The van der Waals surface area contributed by atoms with E-state index in [1.165, 1.54) is 16.7 Å². The van der Waals surface area contributed by atoms with E-state index < -0.39 is 0 Å². The molecule has 0 unspecified atom stereocenters. The van der Waals surface area contributed by atoms with Crippen molar-refractivity contribution in [2.24, 2.45) is 5.92 Å². The molecule has 2 N–H and O–H groups in total. The summed E-state index contributed by atoms with van der Waals surface area (Å²) in [6.45, 7) is 1.93. The first kappa shape index (κ1) is 25.6. The lowest BCUT2D eigenvalue weighted by molar-refractivity contribution is -0.123. The first-order chi connectivity index (χ1) is 19.1. The number of carbonyl (C=O) groups is 2. The van der Waals surface area contributed by atoms with E-state index in [0.717, 1.165) is 31.5 Å². The van der Waals surface area contributed by atoms with Crippen molar-refractivity contribution in [1.29, 1.82) is 0 Å². The summed E-state index contributed by atoms with van der Waals surface area (Å²) >= 11 is 0. The molecule has 6 rings (SSSR count). The average molecular weight is 526 g/mol. The zero-order valence-corrected chi connectivity index (χ0v) is 22.1. The highest BCUT2D eigenvalue weighted by Gasteiger charge is 2.41. The summed E-state index contributed by atoms with van der Waals surface area (Å²) in [5.74, 6) is 0.559. The van der Waals surface area contributed by atoms with E-state index >= 15 is 0 Å². The number of aliphatic hydroxyl groups is 1. The Kier molecular flexibility index (Phi) is 7.35. The minimum Gasteiger partial charge on any atom is -0.482 e. The zero-order valence-electron chi connectivity index (χ0n) is 22.1. The van der Waals surface area contributed by atoms with Crippen LogP contribution in [0.2, 0.25) is 0 Å². The Morgan fingerprint density at radius 2 is 1.82 bits per heavy atom. The second-order valence-electron chi connectivity index (χ2n) is 10.7. The van der Waals surface area contributed by atoms with Gasteiger partial charge in [-0.1, -0.05) is 54.6 Å². The number of nitrogens with one attached hydrogen (secondary N) is 1. The van der Waals surface area contributed by atoms with E-state index in [9.17, 15) is 14.7 Å². The first-order valence-corrected chi connectivity index (χ1v) is 14.0. The smallest absolute Gasteiger partial charge is 0.265 e. The van der Waals surface area contributed by atoms with Gasteiger partial charge in [0.1, 0.15) is 5.75 Å². The predicted molar refractivity (Wildman–Crippen MR) is 152 cm³/mol. The normalized spacial score (nSPS) is 20.7. The topological polar surface area (TPSA) is 82.1 Å². The standard InChI is InChI=1S/C32H35N3O4/c36-17-5-16-34-29-19-26(12-13-30(29)39-21-31(34)37)35(25-10-11-25)32(38)28-20-33-15-14-27(28)24-9-4-8-23(18-24)22-6-2-1-3-7-22/h1-4,6-9,12-13,18-19,25,27-28,33,36H,5,10-11,14-17,20-21H2/t27-,28+/m1/s1. The largest absolute Gasteiger partial charge is 0.482 e. The van der Waals surface area contributed by atoms with E-state index in [1.807, 2.05) is 29.2 Å². The van der Waals surface area contributed by atoms with Crippen LogP contribution in [0.3, 0.4) is 0 Å². The Morgan fingerprint density at radius 1 is 1.00 bits per heavy atom. The van der Waals surface area contributed by atoms with Crippen molar-refractivity contribution in [3.8, 4) is 16.9 Å². The maximum atomic E-state index is 14.3. The monoisotopic (exact) mass is 525 g/mol.